The van der Waals surface area contributed by atoms with Crippen molar-refractivity contribution in [3.8, 4) is 5.75 Å². The third-order valence-corrected chi connectivity index (χ3v) is 9.36. The van der Waals surface area contributed by atoms with E-state index < -0.39 is 27.3 Å². The minimum Gasteiger partial charge on any atom is -0.465 e. The zero-order valence-corrected chi connectivity index (χ0v) is 17.9. The van der Waals surface area contributed by atoms with Crippen LogP contribution in [0, 0.1) is 19.3 Å². The molecule has 4 heterocycles. The number of piperidine rings is 2. The summed E-state index contributed by atoms with van der Waals surface area (Å²) in [6.45, 7) is 3.93. The van der Waals surface area contributed by atoms with Gasteiger partial charge in [0.2, 0.25) is 5.91 Å². The second kappa shape index (κ2) is 5.58. The number of carbonyl (C=O) groups excluding carboxylic acids is 1. The van der Waals surface area contributed by atoms with Gasteiger partial charge in [-0.3, -0.25) is 4.79 Å². The van der Waals surface area contributed by atoms with Crippen LogP contribution in [0.2, 0.25) is 0 Å². The standard InChI is InChI=1S/C23H24N2O4S/c1-15-7-9-17(10-8-15)30(27,28)25-19-11-14-22(21(25)26)12-4-13-23(22)24(19)20-16(2)5-3-6-18(20)29-23/h3,5-10,19H,4,11-14H2,1-2H3/t19-,22-,23+/m0/s1. The van der Waals surface area contributed by atoms with E-state index >= 15 is 0 Å². The van der Waals surface area contributed by atoms with E-state index in [0.717, 1.165) is 35.4 Å². The lowest BCUT2D eigenvalue weighted by molar-refractivity contribution is -0.171. The highest BCUT2D eigenvalue weighted by Crippen LogP contribution is 2.67. The first-order chi connectivity index (χ1) is 14.3. The van der Waals surface area contributed by atoms with Crippen molar-refractivity contribution >= 4 is 21.6 Å². The number of para-hydroxylation sites is 1. The smallest absolute Gasteiger partial charge is 0.268 e. The average Bonchev–Trinajstić information content (AvgIpc) is 3.26. The number of hydrogen-bond acceptors (Lipinski definition) is 5. The zero-order chi connectivity index (χ0) is 20.9. The van der Waals surface area contributed by atoms with Crippen LogP contribution in [0.25, 0.3) is 0 Å². The Morgan fingerprint density at radius 1 is 1.03 bits per heavy atom. The number of sulfonamides is 1. The number of fused-ring (bicyclic) bond motifs is 3. The molecule has 2 bridgehead atoms. The molecule has 1 saturated carbocycles. The lowest BCUT2D eigenvalue weighted by Crippen LogP contribution is -2.79. The average molecular weight is 425 g/mol. The van der Waals surface area contributed by atoms with Crippen molar-refractivity contribution < 1.29 is 17.9 Å². The van der Waals surface area contributed by atoms with E-state index in [2.05, 4.69) is 4.90 Å². The van der Waals surface area contributed by atoms with Crippen LogP contribution >= 0.6 is 0 Å². The van der Waals surface area contributed by atoms with Gasteiger partial charge in [0.05, 0.1) is 10.6 Å². The molecule has 156 valence electrons. The maximum absolute atomic E-state index is 13.9. The van der Waals surface area contributed by atoms with E-state index in [9.17, 15) is 13.2 Å². The lowest BCUT2D eigenvalue weighted by atomic mass is 9.67. The first-order valence-corrected chi connectivity index (χ1v) is 12.0. The summed E-state index contributed by atoms with van der Waals surface area (Å²) in [6.07, 6.45) is 2.96. The van der Waals surface area contributed by atoms with E-state index in [1.165, 1.54) is 4.31 Å². The summed E-state index contributed by atoms with van der Waals surface area (Å²) in [4.78, 5) is 16.2. The molecule has 5 aliphatic rings. The molecule has 0 radical (unpaired) electrons. The Hall–Kier alpha value is -2.54. The van der Waals surface area contributed by atoms with Gasteiger partial charge in [0, 0.05) is 6.42 Å². The van der Waals surface area contributed by atoms with Crippen LogP contribution < -0.4 is 9.64 Å². The minimum atomic E-state index is -3.97. The van der Waals surface area contributed by atoms with E-state index in [-0.39, 0.29) is 10.8 Å². The van der Waals surface area contributed by atoms with Crippen molar-refractivity contribution in [3.05, 3.63) is 53.6 Å². The van der Waals surface area contributed by atoms with Crippen LogP contribution in [-0.2, 0) is 14.8 Å². The summed E-state index contributed by atoms with van der Waals surface area (Å²) in [7, 11) is -3.97. The molecule has 6 nitrogen and oxygen atoms in total. The summed E-state index contributed by atoms with van der Waals surface area (Å²) in [5.41, 5.74) is 1.36. The second-order valence-corrected chi connectivity index (χ2v) is 10.9. The molecule has 1 amide bonds. The van der Waals surface area contributed by atoms with Crippen LogP contribution in [0.15, 0.2) is 47.4 Å². The summed E-state index contributed by atoms with van der Waals surface area (Å²) in [6, 6.07) is 12.6. The molecule has 3 atom stereocenters. The number of amides is 1. The number of ether oxygens (including phenoxy) is 1. The Morgan fingerprint density at radius 3 is 2.57 bits per heavy atom. The monoisotopic (exact) mass is 424 g/mol. The van der Waals surface area contributed by atoms with Gasteiger partial charge in [-0.15, -0.1) is 0 Å². The fourth-order valence-corrected chi connectivity index (χ4v) is 7.88. The third-order valence-electron chi connectivity index (χ3n) is 7.56. The molecule has 0 aromatic heterocycles. The Bertz CT molecular complexity index is 1190. The molecule has 3 saturated heterocycles. The van der Waals surface area contributed by atoms with Crippen LogP contribution in [0.1, 0.15) is 43.2 Å². The van der Waals surface area contributed by atoms with Gasteiger partial charge < -0.3 is 9.64 Å². The summed E-state index contributed by atoms with van der Waals surface area (Å²) >= 11 is 0. The number of anilines is 1. The van der Waals surface area contributed by atoms with E-state index in [1.54, 1.807) is 24.3 Å². The molecular weight excluding hydrogens is 400 g/mol. The molecule has 7 rings (SSSR count). The number of carbonyl (C=O) groups is 1. The highest BCUT2D eigenvalue weighted by atomic mass is 32.2. The Kier molecular flexibility index (Phi) is 3.39. The highest BCUT2D eigenvalue weighted by molar-refractivity contribution is 7.89. The van der Waals surface area contributed by atoms with Gasteiger partial charge in [0.15, 0.2) is 5.72 Å². The van der Waals surface area contributed by atoms with Crippen molar-refractivity contribution in [2.24, 2.45) is 5.41 Å². The van der Waals surface area contributed by atoms with Gasteiger partial charge in [-0.1, -0.05) is 29.8 Å². The normalized spacial score (nSPS) is 31.4. The molecule has 2 aromatic rings. The van der Waals surface area contributed by atoms with Crippen molar-refractivity contribution in [2.45, 2.75) is 62.7 Å². The van der Waals surface area contributed by atoms with E-state index in [0.29, 0.717) is 19.3 Å². The SMILES string of the molecule is Cc1ccc(S(=O)(=O)N2C(=O)[C@@]34CCC[C@@]35Oc3cccc(C)c3N5[C@@H]2CC4)cc1. The van der Waals surface area contributed by atoms with Crippen molar-refractivity contribution in [2.75, 3.05) is 4.90 Å². The molecule has 2 aromatic carbocycles. The predicted molar refractivity (Wildman–Crippen MR) is 112 cm³/mol. The summed E-state index contributed by atoms with van der Waals surface area (Å²) in [5.74, 6) is 0.467. The second-order valence-electron chi connectivity index (χ2n) is 9.05. The van der Waals surface area contributed by atoms with Gasteiger partial charge in [-0.2, -0.15) is 0 Å². The van der Waals surface area contributed by atoms with Gasteiger partial charge in [-0.25, -0.2) is 12.7 Å². The summed E-state index contributed by atoms with van der Waals surface area (Å²) in [5, 5.41) is 0. The van der Waals surface area contributed by atoms with Gasteiger partial charge in [0.25, 0.3) is 10.0 Å². The number of benzene rings is 2. The maximum Gasteiger partial charge on any atom is 0.268 e. The fraction of sp³-hybridized carbons (Fsp3) is 0.435. The largest absolute Gasteiger partial charge is 0.465 e. The first-order valence-electron chi connectivity index (χ1n) is 10.6. The molecule has 2 spiro atoms. The topological polar surface area (TPSA) is 66.9 Å². The van der Waals surface area contributed by atoms with Crippen LogP contribution in [0.3, 0.4) is 0 Å². The number of nitrogens with zero attached hydrogens (tertiary/aromatic N) is 2. The molecular formula is C23H24N2O4S. The Balaban J connectivity index is 1.57. The molecule has 0 N–H and O–H groups in total. The number of hydrogen-bond donors (Lipinski definition) is 0. The van der Waals surface area contributed by atoms with Crippen molar-refractivity contribution in [1.29, 1.82) is 0 Å². The highest BCUT2D eigenvalue weighted by Gasteiger charge is 2.76. The van der Waals surface area contributed by atoms with E-state index in [4.69, 9.17) is 4.74 Å². The maximum atomic E-state index is 13.9. The van der Waals surface area contributed by atoms with Gasteiger partial charge in [0.1, 0.15) is 17.3 Å². The molecule has 4 aliphatic heterocycles. The Labute approximate surface area is 176 Å². The lowest BCUT2D eigenvalue weighted by Gasteiger charge is -2.61. The molecule has 0 unspecified atom stereocenters. The first kappa shape index (κ1) is 18.2. The van der Waals surface area contributed by atoms with Crippen LogP contribution in [0.5, 0.6) is 5.75 Å². The third kappa shape index (κ3) is 1.90. The number of rotatable bonds is 2. The zero-order valence-electron chi connectivity index (χ0n) is 17.1. The molecule has 7 heteroatoms. The van der Waals surface area contributed by atoms with Crippen molar-refractivity contribution in [3.63, 3.8) is 0 Å². The van der Waals surface area contributed by atoms with E-state index in [1.807, 2.05) is 32.0 Å². The van der Waals surface area contributed by atoms with Gasteiger partial charge >= 0.3 is 0 Å². The van der Waals surface area contributed by atoms with Gasteiger partial charge in [-0.05, 0) is 63.3 Å². The number of aryl methyl sites for hydroxylation is 2. The predicted octanol–water partition coefficient (Wildman–Crippen LogP) is 3.72. The minimum absolute atomic E-state index is 0.166. The molecule has 30 heavy (non-hydrogen) atoms. The van der Waals surface area contributed by atoms with Crippen LogP contribution in [0.4, 0.5) is 5.69 Å². The van der Waals surface area contributed by atoms with Crippen LogP contribution in [-0.4, -0.2) is 30.5 Å². The quantitative estimate of drug-likeness (QED) is 0.735. The molecule has 4 fully saturated rings. The fourth-order valence-electron chi connectivity index (χ4n) is 6.26. The summed E-state index contributed by atoms with van der Waals surface area (Å²) < 4.78 is 35.2. The Morgan fingerprint density at radius 2 is 1.80 bits per heavy atom. The molecule has 1 aliphatic carbocycles. The van der Waals surface area contributed by atoms with Crippen molar-refractivity contribution in [1.82, 2.24) is 4.31 Å².